The van der Waals surface area contributed by atoms with Crippen molar-refractivity contribution in [3.8, 4) is 0 Å². The molecule has 1 aliphatic rings. The Hall–Kier alpha value is -3.09. The maximum absolute atomic E-state index is 12.7. The molecule has 2 amide bonds. The molecule has 0 spiro atoms. The summed E-state index contributed by atoms with van der Waals surface area (Å²) in [7, 11) is 0. The van der Waals surface area contributed by atoms with Gasteiger partial charge in [0, 0.05) is 17.3 Å². The highest BCUT2D eigenvalue weighted by atomic mass is 16.5. The van der Waals surface area contributed by atoms with Crippen LogP contribution in [0.15, 0.2) is 24.3 Å². The zero-order valence-corrected chi connectivity index (χ0v) is 17.2. The largest absolute Gasteiger partial charge is 0.462 e. The van der Waals surface area contributed by atoms with E-state index in [2.05, 4.69) is 15.6 Å². The Balaban J connectivity index is 1.66. The third-order valence-corrected chi connectivity index (χ3v) is 5.12. The lowest BCUT2D eigenvalue weighted by Crippen LogP contribution is -2.27. The van der Waals surface area contributed by atoms with Gasteiger partial charge in [0.15, 0.2) is 0 Å². The molecular weight excluding hydrogens is 370 g/mol. The van der Waals surface area contributed by atoms with Crippen LogP contribution in [0, 0.1) is 19.8 Å². The molecule has 1 aromatic heterocycles. The second-order valence-corrected chi connectivity index (χ2v) is 7.43. The zero-order valence-electron chi connectivity index (χ0n) is 17.2. The molecule has 1 unspecified atom stereocenters. The van der Waals surface area contributed by atoms with Crippen LogP contribution >= 0.6 is 0 Å². The third kappa shape index (κ3) is 4.67. The maximum Gasteiger partial charge on any atom is 0.340 e. The van der Waals surface area contributed by atoms with Crippen molar-refractivity contribution in [2.24, 2.45) is 5.92 Å². The third-order valence-electron chi connectivity index (χ3n) is 5.12. The van der Waals surface area contributed by atoms with Crippen molar-refractivity contribution < 1.29 is 19.1 Å². The SMILES string of the molecule is CCOC(=O)c1c(C)[nH]c(C(=O)NC(C)c2ccc(NC(=O)C3CC3)cc2)c1C. The van der Waals surface area contributed by atoms with Crippen molar-refractivity contribution in [1.82, 2.24) is 10.3 Å². The molecule has 29 heavy (non-hydrogen) atoms. The number of carbonyl (C=O) groups excluding carboxylic acids is 3. The number of H-pyrrole nitrogens is 1. The number of amides is 2. The number of hydrogen-bond donors (Lipinski definition) is 3. The highest BCUT2D eigenvalue weighted by Crippen LogP contribution is 2.30. The van der Waals surface area contributed by atoms with Crippen LogP contribution in [-0.4, -0.2) is 29.4 Å². The first kappa shape index (κ1) is 20.6. The van der Waals surface area contributed by atoms with E-state index >= 15 is 0 Å². The molecule has 0 bridgehead atoms. The molecule has 154 valence electrons. The molecule has 0 radical (unpaired) electrons. The summed E-state index contributed by atoms with van der Waals surface area (Å²) in [5, 5.41) is 5.84. The fourth-order valence-corrected chi connectivity index (χ4v) is 3.28. The second-order valence-electron chi connectivity index (χ2n) is 7.43. The standard InChI is InChI=1S/C22H27N3O4/c1-5-29-22(28)18-12(2)19(23-14(18)4)21(27)24-13(3)15-8-10-17(11-9-15)25-20(26)16-6-7-16/h8-11,13,16,23H,5-7H2,1-4H3,(H,24,27)(H,25,26). The molecule has 1 aromatic carbocycles. The maximum atomic E-state index is 12.7. The Morgan fingerprint density at radius 2 is 1.83 bits per heavy atom. The number of aromatic nitrogens is 1. The average Bonchev–Trinajstić information content (AvgIpc) is 3.48. The first-order valence-corrected chi connectivity index (χ1v) is 9.89. The lowest BCUT2D eigenvalue weighted by atomic mass is 10.1. The monoisotopic (exact) mass is 397 g/mol. The van der Waals surface area contributed by atoms with E-state index in [0.29, 0.717) is 22.5 Å². The lowest BCUT2D eigenvalue weighted by Gasteiger charge is -2.15. The quantitative estimate of drug-likeness (QED) is 0.621. The minimum absolute atomic E-state index is 0.0640. The number of hydrogen-bond acceptors (Lipinski definition) is 4. The van der Waals surface area contributed by atoms with E-state index in [9.17, 15) is 14.4 Å². The molecule has 0 aliphatic heterocycles. The molecule has 1 saturated carbocycles. The molecule has 1 heterocycles. The predicted octanol–water partition coefficient (Wildman–Crippen LogP) is 3.65. The summed E-state index contributed by atoms with van der Waals surface area (Å²) in [5.41, 5.74) is 3.60. The van der Waals surface area contributed by atoms with E-state index in [1.165, 1.54) is 0 Å². The smallest absolute Gasteiger partial charge is 0.340 e. The van der Waals surface area contributed by atoms with Crippen molar-refractivity contribution in [3.63, 3.8) is 0 Å². The number of nitrogens with one attached hydrogen (secondary N) is 3. The van der Waals surface area contributed by atoms with Crippen molar-refractivity contribution >= 4 is 23.5 Å². The molecule has 1 atom stereocenters. The van der Waals surface area contributed by atoms with Gasteiger partial charge < -0.3 is 20.4 Å². The van der Waals surface area contributed by atoms with Crippen molar-refractivity contribution in [2.75, 3.05) is 11.9 Å². The summed E-state index contributed by atoms with van der Waals surface area (Å²) in [6.45, 7) is 7.37. The van der Waals surface area contributed by atoms with Gasteiger partial charge in [-0.15, -0.1) is 0 Å². The summed E-state index contributed by atoms with van der Waals surface area (Å²) in [5.74, 6) is -0.511. The number of rotatable bonds is 7. The van der Waals surface area contributed by atoms with Gasteiger partial charge in [0.25, 0.3) is 5.91 Å². The van der Waals surface area contributed by atoms with Crippen LogP contribution in [0.3, 0.4) is 0 Å². The lowest BCUT2D eigenvalue weighted by molar-refractivity contribution is -0.117. The normalized spacial score (nSPS) is 14.2. The van der Waals surface area contributed by atoms with E-state index in [-0.39, 0.29) is 30.4 Å². The van der Waals surface area contributed by atoms with Gasteiger partial charge in [0.1, 0.15) is 5.69 Å². The Morgan fingerprint density at radius 1 is 1.17 bits per heavy atom. The highest BCUT2D eigenvalue weighted by Gasteiger charge is 2.29. The Morgan fingerprint density at radius 3 is 2.41 bits per heavy atom. The molecule has 7 nitrogen and oxygen atoms in total. The molecule has 1 aliphatic carbocycles. The van der Waals surface area contributed by atoms with E-state index in [1.807, 2.05) is 31.2 Å². The van der Waals surface area contributed by atoms with Crippen LogP contribution < -0.4 is 10.6 Å². The van der Waals surface area contributed by atoms with E-state index in [4.69, 9.17) is 4.74 Å². The Kier molecular flexibility index (Phi) is 6.06. The topological polar surface area (TPSA) is 100 Å². The van der Waals surface area contributed by atoms with Gasteiger partial charge in [-0.05, 0) is 63.8 Å². The van der Waals surface area contributed by atoms with Crippen molar-refractivity contribution in [3.05, 3.63) is 52.3 Å². The van der Waals surface area contributed by atoms with Crippen LogP contribution in [0.1, 0.15) is 70.4 Å². The summed E-state index contributed by atoms with van der Waals surface area (Å²) >= 11 is 0. The van der Waals surface area contributed by atoms with Gasteiger partial charge in [-0.3, -0.25) is 9.59 Å². The van der Waals surface area contributed by atoms with Gasteiger partial charge in [0.05, 0.1) is 18.2 Å². The summed E-state index contributed by atoms with van der Waals surface area (Å²) in [6.07, 6.45) is 1.92. The molecular formula is C22H27N3O4. The highest BCUT2D eigenvalue weighted by molar-refractivity contribution is 6.00. The van der Waals surface area contributed by atoms with Crippen molar-refractivity contribution in [2.45, 2.75) is 46.6 Å². The van der Waals surface area contributed by atoms with E-state index < -0.39 is 5.97 Å². The number of ether oxygens (including phenoxy) is 1. The molecule has 0 saturated heterocycles. The molecule has 7 heteroatoms. The molecule has 3 N–H and O–H groups in total. The van der Waals surface area contributed by atoms with Crippen molar-refractivity contribution in [1.29, 1.82) is 0 Å². The van der Waals surface area contributed by atoms with Crippen LogP contribution in [0.4, 0.5) is 5.69 Å². The minimum Gasteiger partial charge on any atom is -0.462 e. The number of benzene rings is 1. The first-order valence-electron chi connectivity index (χ1n) is 9.89. The number of aromatic amines is 1. The second kappa shape index (κ2) is 8.51. The van der Waals surface area contributed by atoms with Crippen LogP contribution in [0.25, 0.3) is 0 Å². The molecule has 3 rings (SSSR count). The zero-order chi connectivity index (χ0) is 21.1. The van der Waals surface area contributed by atoms with Gasteiger partial charge in [-0.25, -0.2) is 4.79 Å². The van der Waals surface area contributed by atoms with Crippen LogP contribution in [-0.2, 0) is 9.53 Å². The van der Waals surface area contributed by atoms with Gasteiger partial charge in [-0.1, -0.05) is 12.1 Å². The average molecular weight is 397 g/mol. The first-order chi connectivity index (χ1) is 13.8. The van der Waals surface area contributed by atoms with E-state index in [1.54, 1.807) is 20.8 Å². The fraction of sp³-hybridized carbons (Fsp3) is 0.409. The number of anilines is 1. The summed E-state index contributed by atoms with van der Waals surface area (Å²) < 4.78 is 5.07. The predicted molar refractivity (Wildman–Crippen MR) is 110 cm³/mol. The van der Waals surface area contributed by atoms with Gasteiger partial charge >= 0.3 is 5.97 Å². The summed E-state index contributed by atoms with van der Waals surface area (Å²) in [6, 6.07) is 7.18. The molecule has 2 aromatic rings. The van der Waals surface area contributed by atoms with Gasteiger partial charge in [-0.2, -0.15) is 0 Å². The fourth-order valence-electron chi connectivity index (χ4n) is 3.28. The Labute approximate surface area is 170 Å². The minimum atomic E-state index is -0.435. The van der Waals surface area contributed by atoms with E-state index in [0.717, 1.165) is 24.1 Å². The number of aryl methyl sites for hydroxylation is 1. The van der Waals surface area contributed by atoms with Crippen LogP contribution in [0.2, 0.25) is 0 Å². The van der Waals surface area contributed by atoms with Crippen LogP contribution in [0.5, 0.6) is 0 Å². The Bertz CT molecular complexity index is 926. The number of esters is 1. The number of carbonyl (C=O) groups is 3. The van der Waals surface area contributed by atoms with Gasteiger partial charge in [0.2, 0.25) is 5.91 Å². The summed E-state index contributed by atoms with van der Waals surface area (Å²) in [4.78, 5) is 39.7. The molecule has 1 fully saturated rings.